The molecule has 0 spiro atoms. The maximum absolute atomic E-state index is 13.6. The third kappa shape index (κ3) is 3.93. The van der Waals surface area contributed by atoms with Gasteiger partial charge in [-0.3, -0.25) is 14.6 Å². The van der Waals surface area contributed by atoms with Crippen molar-refractivity contribution in [2.75, 3.05) is 24.4 Å². The molecular weight excluding hydrogens is 444 g/mol. The van der Waals surface area contributed by atoms with Gasteiger partial charge in [-0.1, -0.05) is 12.1 Å². The summed E-state index contributed by atoms with van der Waals surface area (Å²) in [5.74, 6) is -0.643. The molecule has 9 heteroatoms. The van der Waals surface area contributed by atoms with Crippen molar-refractivity contribution in [3.8, 4) is 11.5 Å². The standard InChI is InChI=1S/C24H24N2O6S/c1-5-31-21-16-8-7-11-25-20(16)22(32-6-2)19-18(21)23(27)26(24(19)28)17-10-9-15(12-14(17)3)13-33(4,29)30/h7-12H,5-6,13H2,1-4H3. The second kappa shape index (κ2) is 8.47. The van der Waals surface area contributed by atoms with Crippen molar-refractivity contribution < 1.29 is 27.5 Å². The number of amides is 2. The number of aromatic nitrogens is 1. The van der Waals surface area contributed by atoms with Crippen LogP contribution in [0, 0.1) is 6.92 Å². The topological polar surface area (TPSA) is 103 Å². The van der Waals surface area contributed by atoms with E-state index in [2.05, 4.69) is 4.98 Å². The Labute approximate surface area is 192 Å². The van der Waals surface area contributed by atoms with Crippen molar-refractivity contribution in [1.29, 1.82) is 0 Å². The Kier molecular flexibility index (Phi) is 5.84. The van der Waals surface area contributed by atoms with Gasteiger partial charge >= 0.3 is 0 Å². The number of hydrogen-bond donors (Lipinski definition) is 0. The first-order valence-electron chi connectivity index (χ1n) is 10.5. The Balaban J connectivity index is 1.92. The molecule has 0 aliphatic carbocycles. The van der Waals surface area contributed by atoms with Crippen molar-refractivity contribution in [3.05, 3.63) is 58.8 Å². The molecule has 3 aromatic rings. The van der Waals surface area contributed by atoms with E-state index >= 15 is 0 Å². The van der Waals surface area contributed by atoms with E-state index in [0.717, 1.165) is 11.2 Å². The number of nitrogens with zero attached hydrogens (tertiary/aromatic N) is 2. The fraction of sp³-hybridized carbons (Fsp3) is 0.292. The molecule has 0 N–H and O–H groups in total. The Morgan fingerprint density at radius 2 is 1.61 bits per heavy atom. The molecule has 1 aliphatic heterocycles. The number of pyridine rings is 1. The first kappa shape index (κ1) is 22.7. The van der Waals surface area contributed by atoms with E-state index in [1.54, 1.807) is 57.3 Å². The Hall–Kier alpha value is -3.46. The van der Waals surface area contributed by atoms with Gasteiger partial charge in [0.2, 0.25) is 0 Å². The highest BCUT2D eigenvalue weighted by atomic mass is 32.2. The first-order chi connectivity index (χ1) is 15.7. The maximum atomic E-state index is 13.6. The van der Waals surface area contributed by atoms with E-state index in [9.17, 15) is 18.0 Å². The second-order valence-corrected chi connectivity index (χ2v) is 9.95. The summed E-state index contributed by atoms with van der Waals surface area (Å²) in [6.45, 7) is 5.91. The van der Waals surface area contributed by atoms with E-state index in [1.807, 2.05) is 0 Å². The Morgan fingerprint density at radius 1 is 0.970 bits per heavy atom. The zero-order valence-corrected chi connectivity index (χ0v) is 19.7. The van der Waals surface area contributed by atoms with Crippen molar-refractivity contribution in [1.82, 2.24) is 4.98 Å². The molecule has 33 heavy (non-hydrogen) atoms. The number of imide groups is 1. The minimum absolute atomic E-state index is 0.121. The highest BCUT2D eigenvalue weighted by Crippen LogP contribution is 2.45. The Bertz CT molecular complexity index is 1330. The van der Waals surface area contributed by atoms with Gasteiger partial charge in [0.15, 0.2) is 15.6 Å². The minimum atomic E-state index is -3.22. The van der Waals surface area contributed by atoms with Crippen LogP contribution in [0.15, 0.2) is 36.5 Å². The number of benzene rings is 2. The molecule has 2 amide bonds. The summed E-state index contributed by atoms with van der Waals surface area (Å²) in [6.07, 6.45) is 2.75. The highest BCUT2D eigenvalue weighted by Gasteiger charge is 2.44. The van der Waals surface area contributed by atoms with E-state index in [1.165, 1.54) is 0 Å². The van der Waals surface area contributed by atoms with Crippen molar-refractivity contribution in [2.45, 2.75) is 26.5 Å². The van der Waals surface area contributed by atoms with Crippen molar-refractivity contribution in [3.63, 3.8) is 0 Å². The largest absolute Gasteiger partial charge is 0.492 e. The van der Waals surface area contributed by atoms with E-state index < -0.39 is 21.7 Å². The van der Waals surface area contributed by atoms with Gasteiger partial charge in [-0.25, -0.2) is 13.3 Å². The zero-order valence-electron chi connectivity index (χ0n) is 18.8. The molecule has 0 fully saturated rings. The lowest BCUT2D eigenvalue weighted by Crippen LogP contribution is -2.30. The number of ether oxygens (including phenoxy) is 2. The van der Waals surface area contributed by atoms with Crippen LogP contribution in [0.1, 0.15) is 45.7 Å². The smallest absolute Gasteiger partial charge is 0.270 e. The molecule has 2 heterocycles. The molecule has 4 rings (SSSR count). The summed E-state index contributed by atoms with van der Waals surface area (Å²) < 4.78 is 35.0. The van der Waals surface area contributed by atoms with Crippen LogP contribution in [0.4, 0.5) is 5.69 Å². The predicted octanol–water partition coefficient (Wildman–Crippen LogP) is 3.69. The molecule has 0 saturated heterocycles. The van der Waals surface area contributed by atoms with Crippen LogP contribution in [0.25, 0.3) is 10.9 Å². The van der Waals surface area contributed by atoms with Crippen LogP contribution < -0.4 is 14.4 Å². The number of rotatable bonds is 7. The van der Waals surface area contributed by atoms with Gasteiger partial charge in [-0.05, 0) is 50.1 Å². The lowest BCUT2D eigenvalue weighted by molar-refractivity contribution is 0.0924. The van der Waals surface area contributed by atoms with Crippen molar-refractivity contribution in [2.24, 2.45) is 0 Å². The fourth-order valence-corrected chi connectivity index (χ4v) is 4.92. The van der Waals surface area contributed by atoms with E-state index in [4.69, 9.17) is 9.47 Å². The average Bonchev–Trinajstić information content (AvgIpc) is 3.00. The van der Waals surface area contributed by atoms with Crippen LogP contribution in [-0.2, 0) is 15.6 Å². The molecule has 2 aromatic carbocycles. The highest BCUT2D eigenvalue weighted by molar-refractivity contribution is 7.89. The average molecular weight is 469 g/mol. The first-order valence-corrected chi connectivity index (χ1v) is 12.6. The van der Waals surface area contributed by atoms with Gasteiger partial charge in [0.25, 0.3) is 11.8 Å². The number of anilines is 1. The lowest BCUT2D eigenvalue weighted by Gasteiger charge is -2.17. The summed E-state index contributed by atoms with van der Waals surface area (Å²) in [6, 6.07) is 8.39. The van der Waals surface area contributed by atoms with Crippen LogP contribution in [0.2, 0.25) is 0 Å². The summed E-state index contributed by atoms with van der Waals surface area (Å²) in [4.78, 5) is 32.7. The number of hydrogen-bond acceptors (Lipinski definition) is 7. The monoisotopic (exact) mass is 468 g/mol. The van der Waals surface area contributed by atoms with Gasteiger partial charge in [0.1, 0.15) is 16.8 Å². The molecule has 8 nitrogen and oxygen atoms in total. The number of carbonyl (C=O) groups is 2. The molecule has 1 aliphatic rings. The van der Waals surface area contributed by atoms with Crippen LogP contribution in [-0.4, -0.2) is 44.7 Å². The molecule has 0 bridgehead atoms. The zero-order chi connectivity index (χ0) is 23.9. The van der Waals surface area contributed by atoms with Gasteiger partial charge in [-0.15, -0.1) is 0 Å². The lowest BCUT2D eigenvalue weighted by atomic mass is 10.0. The fourth-order valence-electron chi connectivity index (χ4n) is 4.13. The number of carbonyl (C=O) groups excluding carboxylic acids is 2. The summed E-state index contributed by atoms with van der Waals surface area (Å²) >= 11 is 0. The number of sulfone groups is 1. The third-order valence-corrected chi connectivity index (χ3v) is 6.17. The summed E-state index contributed by atoms with van der Waals surface area (Å²) in [7, 11) is -3.22. The molecular formula is C24H24N2O6S. The van der Waals surface area contributed by atoms with Crippen LogP contribution in [0.5, 0.6) is 11.5 Å². The minimum Gasteiger partial charge on any atom is -0.492 e. The molecule has 0 radical (unpaired) electrons. The number of aryl methyl sites for hydroxylation is 1. The maximum Gasteiger partial charge on any atom is 0.270 e. The third-order valence-electron chi connectivity index (χ3n) is 5.31. The normalized spacial score (nSPS) is 13.5. The van der Waals surface area contributed by atoms with Gasteiger partial charge in [-0.2, -0.15) is 0 Å². The summed E-state index contributed by atoms with van der Waals surface area (Å²) in [5, 5.41) is 0.588. The number of fused-ring (bicyclic) bond motifs is 2. The quantitative estimate of drug-likeness (QED) is 0.487. The Morgan fingerprint density at radius 3 is 2.21 bits per heavy atom. The van der Waals surface area contributed by atoms with Gasteiger partial charge < -0.3 is 9.47 Å². The predicted molar refractivity (Wildman–Crippen MR) is 125 cm³/mol. The molecule has 172 valence electrons. The molecule has 0 unspecified atom stereocenters. The molecule has 0 atom stereocenters. The van der Waals surface area contributed by atoms with E-state index in [0.29, 0.717) is 40.1 Å². The van der Waals surface area contributed by atoms with Crippen molar-refractivity contribution >= 4 is 38.2 Å². The summed E-state index contributed by atoms with van der Waals surface area (Å²) in [5.41, 5.74) is 2.27. The van der Waals surface area contributed by atoms with Crippen LogP contribution in [0.3, 0.4) is 0 Å². The van der Waals surface area contributed by atoms with Crippen LogP contribution >= 0.6 is 0 Å². The van der Waals surface area contributed by atoms with Gasteiger partial charge in [0.05, 0.1) is 30.2 Å². The molecule has 0 saturated carbocycles. The SMILES string of the molecule is CCOc1c2c(c(OCC)c3ncccc13)C(=O)N(c1ccc(CS(C)(=O)=O)cc1C)C2=O. The molecule has 1 aromatic heterocycles. The second-order valence-electron chi connectivity index (χ2n) is 7.81. The van der Waals surface area contributed by atoms with E-state index in [-0.39, 0.29) is 29.2 Å². The van der Waals surface area contributed by atoms with Gasteiger partial charge in [0, 0.05) is 17.8 Å².